The Morgan fingerprint density at radius 2 is 2.00 bits per heavy atom. The van der Waals surface area contributed by atoms with Crippen molar-refractivity contribution in [2.75, 3.05) is 0 Å². The van der Waals surface area contributed by atoms with Crippen LogP contribution in [0.3, 0.4) is 0 Å². The van der Waals surface area contributed by atoms with Crippen LogP contribution in [0.4, 0.5) is 0 Å². The lowest BCUT2D eigenvalue weighted by atomic mass is 10.1. The third kappa shape index (κ3) is 2.54. The molecule has 0 spiro atoms. The van der Waals surface area contributed by atoms with E-state index in [-0.39, 0.29) is 6.42 Å². The Balaban J connectivity index is 2.80. The van der Waals surface area contributed by atoms with Gasteiger partial charge in [-0.05, 0) is 5.56 Å². The minimum Gasteiger partial charge on any atom is -0.258 e. The number of benzene rings is 1. The molecular formula is C9H7NO3. The minimum atomic E-state index is -0.708. The van der Waals surface area contributed by atoms with Crippen LogP contribution in [-0.4, -0.2) is 10.9 Å². The molecule has 0 N–H and O–H groups in total. The van der Waals surface area contributed by atoms with Gasteiger partial charge >= 0.3 is 5.70 Å². The van der Waals surface area contributed by atoms with E-state index in [1.165, 1.54) is 5.94 Å². The summed E-state index contributed by atoms with van der Waals surface area (Å²) in [5, 5.41) is 10.2. The molecule has 0 aliphatic heterocycles. The van der Waals surface area contributed by atoms with E-state index < -0.39 is 10.6 Å². The first-order chi connectivity index (χ1) is 6.24. The highest BCUT2D eigenvalue weighted by molar-refractivity contribution is 5.50. The third-order valence-corrected chi connectivity index (χ3v) is 1.55. The standard InChI is InChI=1S/C9H7NO3/c11-7-9(10(12)13)6-8-4-2-1-3-5-8/h1-5H,6H2. The van der Waals surface area contributed by atoms with Crippen molar-refractivity contribution >= 4 is 5.94 Å². The van der Waals surface area contributed by atoms with Crippen LogP contribution < -0.4 is 0 Å². The average molecular weight is 177 g/mol. The molecule has 0 aromatic heterocycles. The first-order valence-corrected chi connectivity index (χ1v) is 3.66. The zero-order valence-electron chi connectivity index (χ0n) is 6.77. The van der Waals surface area contributed by atoms with Crippen LogP contribution >= 0.6 is 0 Å². The van der Waals surface area contributed by atoms with Crippen LogP contribution in [0.2, 0.25) is 0 Å². The summed E-state index contributed by atoms with van der Waals surface area (Å²) < 4.78 is 0. The highest BCUT2D eigenvalue weighted by Crippen LogP contribution is 2.05. The van der Waals surface area contributed by atoms with E-state index in [2.05, 4.69) is 0 Å². The fourth-order valence-electron chi connectivity index (χ4n) is 0.927. The molecule has 0 amide bonds. The molecule has 0 aliphatic rings. The van der Waals surface area contributed by atoms with E-state index in [4.69, 9.17) is 0 Å². The summed E-state index contributed by atoms with van der Waals surface area (Å²) >= 11 is 0. The third-order valence-electron chi connectivity index (χ3n) is 1.55. The molecule has 0 heterocycles. The minimum absolute atomic E-state index is 0.0251. The van der Waals surface area contributed by atoms with Crippen LogP contribution in [0.15, 0.2) is 36.0 Å². The topological polar surface area (TPSA) is 60.2 Å². The van der Waals surface area contributed by atoms with Crippen molar-refractivity contribution in [1.29, 1.82) is 0 Å². The van der Waals surface area contributed by atoms with Crippen LogP contribution in [-0.2, 0) is 11.2 Å². The van der Waals surface area contributed by atoms with E-state index in [9.17, 15) is 14.9 Å². The second-order valence-electron chi connectivity index (χ2n) is 2.47. The summed E-state index contributed by atoms with van der Waals surface area (Å²) in [6, 6.07) is 8.77. The molecule has 0 bridgehead atoms. The van der Waals surface area contributed by atoms with Crippen molar-refractivity contribution < 1.29 is 9.72 Å². The molecule has 1 aromatic rings. The van der Waals surface area contributed by atoms with Crippen molar-refractivity contribution in [3.05, 3.63) is 51.7 Å². The lowest BCUT2D eigenvalue weighted by Gasteiger charge is -1.94. The molecule has 0 fully saturated rings. The lowest BCUT2D eigenvalue weighted by molar-refractivity contribution is -0.424. The second kappa shape index (κ2) is 4.18. The first-order valence-electron chi connectivity index (χ1n) is 3.66. The highest BCUT2D eigenvalue weighted by atomic mass is 16.6. The Morgan fingerprint density at radius 1 is 1.38 bits per heavy atom. The number of allylic oxidation sites excluding steroid dienone is 1. The monoisotopic (exact) mass is 177 g/mol. The summed E-state index contributed by atoms with van der Waals surface area (Å²) in [6.07, 6.45) is 0.0251. The Bertz CT molecular complexity index is 352. The van der Waals surface area contributed by atoms with Crippen LogP contribution in [0.5, 0.6) is 0 Å². The summed E-state index contributed by atoms with van der Waals surface area (Å²) in [7, 11) is 0. The van der Waals surface area contributed by atoms with Gasteiger partial charge in [-0.3, -0.25) is 10.1 Å². The Kier molecular flexibility index (Phi) is 2.95. The molecular weight excluding hydrogens is 170 g/mol. The lowest BCUT2D eigenvalue weighted by Crippen LogP contribution is -2.02. The number of carbonyl (C=O) groups excluding carboxylic acids is 1. The quantitative estimate of drug-likeness (QED) is 0.396. The number of hydrogen-bond acceptors (Lipinski definition) is 3. The molecule has 4 heteroatoms. The number of nitrogens with zero attached hydrogens (tertiary/aromatic N) is 1. The van der Waals surface area contributed by atoms with E-state index in [0.29, 0.717) is 0 Å². The van der Waals surface area contributed by atoms with Gasteiger partial charge in [-0.2, -0.15) is 0 Å². The number of rotatable bonds is 3. The average Bonchev–Trinajstić information content (AvgIpc) is 2.15. The highest BCUT2D eigenvalue weighted by Gasteiger charge is 2.11. The Morgan fingerprint density at radius 3 is 2.46 bits per heavy atom. The van der Waals surface area contributed by atoms with Crippen LogP contribution in [0.1, 0.15) is 5.56 Å². The molecule has 1 rings (SSSR count). The van der Waals surface area contributed by atoms with Gasteiger partial charge in [-0.25, -0.2) is 4.79 Å². The zero-order valence-corrected chi connectivity index (χ0v) is 6.77. The zero-order chi connectivity index (χ0) is 9.68. The molecule has 13 heavy (non-hydrogen) atoms. The van der Waals surface area contributed by atoms with E-state index in [0.717, 1.165) is 5.56 Å². The number of hydrogen-bond donors (Lipinski definition) is 0. The predicted molar refractivity (Wildman–Crippen MR) is 46.3 cm³/mol. The van der Waals surface area contributed by atoms with Gasteiger partial charge in [0, 0.05) is 0 Å². The second-order valence-corrected chi connectivity index (χ2v) is 2.47. The van der Waals surface area contributed by atoms with Crippen molar-refractivity contribution in [2.45, 2.75) is 6.42 Å². The molecule has 0 radical (unpaired) electrons. The van der Waals surface area contributed by atoms with Gasteiger partial charge in [0.05, 0.1) is 11.3 Å². The Labute approximate surface area is 74.7 Å². The van der Waals surface area contributed by atoms with Crippen molar-refractivity contribution in [3.63, 3.8) is 0 Å². The maximum Gasteiger partial charge on any atom is 0.332 e. The molecule has 0 atom stereocenters. The van der Waals surface area contributed by atoms with Gasteiger partial charge in [-0.1, -0.05) is 30.3 Å². The first kappa shape index (κ1) is 9.16. The van der Waals surface area contributed by atoms with Gasteiger partial charge in [0.2, 0.25) is 5.94 Å². The SMILES string of the molecule is O=C=C(Cc1ccccc1)[N+](=O)[O-]. The molecule has 66 valence electrons. The predicted octanol–water partition coefficient (Wildman–Crippen LogP) is 1.22. The Hall–Kier alpha value is -1.93. The van der Waals surface area contributed by atoms with Crippen LogP contribution in [0.25, 0.3) is 0 Å². The van der Waals surface area contributed by atoms with E-state index in [1.807, 2.05) is 0 Å². The van der Waals surface area contributed by atoms with Crippen molar-refractivity contribution in [3.8, 4) is 0 Å². The van der Waals surface area contributed by atoms with Gasteiger partial charge < -0.3 is 0 Å². The molecule has 1 aromatic carbocycles. The maximum absolute atomic E-state index is 10.2. The number of nitro groups is 1. The maximum atomic E-state index is 10.2. The molecule has 0 saturated heterocycles. The van der Waals surface area contributed by atoms with Gasteiger partial charge in [0.1, 0.15) is 0 Å². The van der Waals surface area contributed by atoms with Crippen molar-refractivity contribution in [1.82, 2.24) is 0 Å². The summed E-state index contributed by atoms with van der Waals surface area (Å²) in [4.78, 5) is 19.7. The normalized spacial score (nSPS) is 8.92. The van der Waals surface area contributed by atoms with Gasteiger partial charge in [-0.15, -0.1) is 0 Å². The molecule has 0 saturated carbocycles. The summed E-state index contributed by atoms with van der Waals surface area (Å²) in [6.45, 7) is 0. The fourth-order valence-corrected chi connectivity index (χ4v) is 0.927. The fraction of sp³-hybridized carbons (Fsp3) is 0.111. The molecule has 0 aliphatic carbocycles. The summed E-state index contributed by atoms with van der Waals surface area (Å²) in [5.74, 6) is 1.32. The smallest absolute Gasteiger partial charge is 0.258 e. The van der Waals surface area contributed by atoms with E-state index >= 15 is 0 Å². The largest absolute Gasteiger partial charge is 0.332 e. The van der Waals surface area contributed by atoms with E-state index in [1.54, 1.807) is 30.3 Å². The summed E-state index contributed by atoms with van der Waals surface area (Å²) in [5.41, 5.74) is 0.295. The van der Waals surface area contributed by atoms with Crippen LogP contribution in [0, 0.1) is 10.1 Å². The van der Waals surface area contributed by atoms with Crippen molar-refractivity contribution in [2.24, 2.45) is 0 Å². The van der Waals surface area contributed by atoms with Gasteiger partial charge in [0.15, 0.2) is 0 Å². The van der Waals surface area contributed by atoms with Gasteiger partial charge in [0.25, 0.3) is 0 Å². The molecule has 4 nitrogen and oxygen atoms in total. The molecule has 0 unspecified atom stereocenters.